The fourth-order valence-corrected chi connectivity index (χ4v) is 5.94. The van der Waals surface area contributed by atoms with Crippen LogP contribution in [0.15, 0.2) is 30.3 Å². The van der Waals surface area contributed by atoms with Gasteiger partial charge in [0.25, 0.3) is 5.91 Å². The minimum atomic E-state index is -2.89. The van der Waals surface area contributed by atoms with Crippen molar-refractivity contribution >= 4 is 27.4 Å². The molecule has 1 aromatic carbocycles. The molecule has 4 rings (SSSR count). The molecule has 2 fully saturated rings. The zero-order valence-electron chi connectivity index (χ0n) is 17.3. The molecule has 1 atom stereocenters. The number of nitrogens with one attached hydrogen (secondary N) is 1. The molecule has 0 unspecified atom stereocenters. The maximum Gasteiger partial charge on any atom is 0.254 e. The molecular weight excluding hydrogens is 402 g/mol. The van der Waals surface area contributed by atoms with Gasteiger partial charge in [-0.2, -0.15) is 0 Å². The number of benzene rings is 1. The Labute approximate surface area is 177 Å². The maximum atomic E-state index is 13.0. The molecule has 30 heavy (non-hydrogen) atoms. The first-order chi connectivity index (χ1) is 14.3. The average molecular weight is 430 g/mol. The van der Waals surface area contributed by atoms with E-state index in [9.17, 15) is 13.2 Å². The van der Waals surface area contributed by atoms with Crippen LogP contribution >= 0.6 is 0 Å². The number of rotatable bonds is 4. The lowest BCUT2D eigenvalue weighted by atomic mass is 10.1. The quantitative estimate of drug-likeness (QED) is 0.791. The fraction of sp³-hybridized carbons (Fsp3) is 0.476. The maximum absolute atomic E-state index is 13.0. The molecular formula is C21H27N5O3S. The zero-order chi connectivity index (χ0) is 21.3. The fourth-order valence-electron chi connectivity index (χ4n) is 4.18. The first kappa shape index (κ1) is 20.7. The summed E-state index contributed by atoms with van der Waals surface area (Å²) in [5.74, 6) is 1.02. The molecule has 0 bridgehead atoms. The molecule has 160 valence electrons. The predicted octanol–water partition coefficient (Wildman–Crippen LogP) is 1.78. The summed E-state index contributed by atoms with van der Waals surface area (Å²) >= 11 is 0. The largest absolute Gasteiger partial charge is 0.336 e. The summed E-state index contributed by atoms with van der Waals surface area (Å²) in [6.45, 7) is 6.46. The van der Waals surface area contributed by atoms with Crippen molar-refractivity contribution in [3.8, 4) is 0 Å². The van der Waals surface area contributed by atoms with Gasteiger partial charge in [0.05, 0.1) is 11.5 Å². The predicted molar refractivity (Wildman–Crippen MR) is 116 cm³/mol. The Morgan fingerprint density at radius 1 is 1.07 bits per heavy atom. The summed E-state index contributed by atoms with van der Waals surface area (Å²) < 4.78 is 23.5. The molecule has 2 saturated heterocycles. The highest BCUT2D eigenvalue weighted by Crippen LogP contribution is 2.21. The van der Waals surface area contributed by atoms with Crippen LogP contribution in [0.1, 0.15) is 28.2 Å². The van der Waals surface area contributed by atoms with Crippen LogP contribution in [0.4, 0.5) is 11.6 Å². The number of amides is 1. The highest BCUT2D eigenvalue weighted by atomic mass is 32.2. The molecule has 1 aromatic heterocycles. The van der Waals surface area contributed by atoms with Crippen LogP contribution in [-0.4, -0.2) is 77.8 Å². The van der Waals surface area contributed by atoms with E-state index < -0.39 is 9.84 Å². The summed E-state index contributed by atoms with van der Waals surface area (Å²) in [7, 11) is -2.89. The molecule has 2 aromatic rings. The van der Waals surface area contributed by atoms with Crippen molar-refractivity contribution in [2.24, 2.45) is 0 Å². The SMILES string of the molecule is Cc1cc(C)nc(Nc2cccc(C(=O)N3CCN([C@@H]4CCS(=O)(=O)C4)CC3)c2)n1. The Bertz CT molecular complexity index is 1030. The lowest BCUT2D eigenvalue weighted by molar-refractivity contribution is 0.0588. The number of aryl methyl sites for hydroxylation is 2. The molecule has 0 aliphatic carbocycles. The van der Waals surface area contributed by atoms with E-state index in [0.717, 1.165) is 17.1 Å². The zero-order valence-corrected chi connectivity index (χ0v) is 18.2. The highest BCUT2D eigenvalue weighted by Gasteiger charge is 2.34. The second kappa shape index (κ2) is 8.31. The van der Waals surface area contributed by atoms with Crippen molar-refractivity contribution < 1.29 is 13.2 Å². The topological polar surface area (TPSA) is 95.5 Å². The molecule has 8 nitrogen and oxygen atoms in total. The summed E-state index contributed by atoms with van der Waals surface area (Å²) in [5.41, 5.74) is 3.14. The van der Waals surface area contributed by atoms with Crippen LogP contribution in [-0.2, 0) is 9.84 Å². The third-order valence-electron chi connectivity index (χ3n) is 5.67. The minimum absolute atomic E-state index is 0.0151. The molecule has 0 radical (unpaired) electrons. The first-order valence-electron chi connectivity index (χ1n) is 10.2. The molecule has 1 N–H and O–H groups in total. The van der Waals surface area contributed by atoms with Crippen molar-refractivity contribution in [2.75, 3.05) is 43.0 Å². The molecule has 0 saturated carbocycles. The molecule has 1 amide bonds. The van der Waals surface area contributed by atoms with Crippen molar-refractivity contribution in [2.45, 2.75) is 26.3 Å². The van der Waals surface area contributed by atoms with Crippen LogP contribution in [0.5, 0.6) is 0 Å². The number of piperazine rings is 1. The van der Waals surface area contributed by atoms with Gasteiger partial charge in [-0.3, -0.25) is 9.69 Å². The first-order valence-corrected chi connectivity index (χ1v) is 12.0. The average Bonchev–Trinajstić information content (AvgIpc) is 3.07. The second-order valence-electron chi connectivity index (χ2n) is 8.07. The van der Waals surface area contributed by atoms with E-state index in [-0.39, 0.29) is 23.5 Å². The van der Waals surface area contributed by atoms with Gasteiger partial charge in [-0.15, -0.1) is 0 Å². The Morgan fingerprint density at radius 2 is 1.77 bits per heavy atom. The molecule has 2 aliphatic rings. The lowest BCUT2D eigenvalue weighted by Crippen LogP contribution is -2.52. The van der Waals surface area contributed by atoms with Gasteiger partial charge in [-0.05, 0) is 44.5 Å². The van der Waals surface area contributed by atoms with Crippen LogP contribution in [0.2, 0.25) is 0 Å². The number of carbonyl (C=O) groups excluding carboxylic acids is 1. The van der Waals surface area contributed by atoms with E-state index >= 15 is 0 Å². The van der Waals surface area contributed by atoms with E-state index in [2.05, 4.69) is 20.2 Å². The van der Waals surface area contributed by atoms with Crippen molar-refractivity contribution in [3.63, 3.8) is 0 Å². The van der Waals surface area contributed by atoms with Gasteiger partial charge < -0.3 is 10.2 Å². The summed E-state index contributed by atoms with van der Waals surface area (Å²) in [5, 5.41) is 3.18. The monoisotopic (exact) mass is 429 g/mol. The van der Waals surface area contributed by atoms with E-state index in [1.807, 2.05) is 49.1 Å². The minimum Gasteiger partial charge on any atom is -0.336 e. The summed E-state index contributed by atoms with van der Waals surface area (Å²) in [6, 6.07) is 9.36. The Hall–Kier alpha value is -2.52. The van der Waals surface area contributed by atoms with E-state index in [0.29, 0.717) is 44.1 Å². The molecule has 9 heteroatoms. The molecule has 2 aliphatic heterocycles. The normalized spacial score (nSPS) is 21.5. The van der Waals surface area contributed by atoms with Crippen LogP contribution in [0.25, 0.3) is 0 Å². The Morgan fingerprint density at radius 3 is 2.40 bits per heavy atom. The van der Waals surface area contributed by atoms with Crippen molar-refractivity contribution in [3.05, 3.63) is 47.3 Å². The van der Waals surface area contributed by atoms with Crippen LogP contribution in [0.3, 0.4) is 0 Å². The van der Waals surface area contributed by atoms with Gasteiger partial charge in [0, 0.05) is 54.9 Å². The van der Waals surface area contributed by atoms with E-state index in [1.54, 1.807) is 0 Å². The van der Waals surface area contributed by atoms with Gasteiger partial charge in [-0.1, -0.05) is 6.07 Å². The third kappa shape index (κ3) is 4.79. The smallest absolute Gasteiger partial charge is 0.254 e. The van der Waals surface area contributed by atoms with Crippen LogP contribution < -0.4 is 5.32 Å². The van der Waals surface area contributed by atoms with Crippen LogP contribution in [0, 0.1) is 13.8 Å². The Kier molecular flexibility index (Phi) is 5.75. The standard InChI is InChI=1S/C21H27N5O3S/c1-15-12-16(2)23-21(22-15)24-18-5-3-4-17(13-18)20(27)26-9-7-25(8-10-26)19-6-11-30(28,29)14-19/h3-5,12-13,19H,6-11,14H2,1-2H3,(H,22,23,24)/t19-/m1/s1. The molecule has 3 heterocycles. The Balaban J connectivity index is 1.39. The van der Waals surface area contributed by atoms with Gasteiger partial charge >= 0.3 is 0 Å². The number of hydrogen-bond donors (Lipinski definition) is 1. The van der Waals surface area contributed by atoms with E-state index in [1.165, 1.54) is 0 Å². The summed E-state index contributed by atoms with van der Waals surface area (Å²) in [4.78, 5) is 25.8. The lowest BCUT2D eigenvalue weighted by Gasteiger charge is -2.37. The number of nitrogens with zero attached hydrogens (tertiary/aromatic N) is 4. The van der Waals surface area contributed by atoms with Crippen molar-refractivity contribution in [1.29, 1.82) is 0 Å². The second-order valence-corrected chi connectivity index (χ2v) is 10.3. The van der Waals surface area contributed by atoms with Crippen molar-refractivity contribution in [1.82, 2.24) is 19.8 Å². The molecule has 0 spiro atoms. The van der Waals surface area contributed by atoms with Gasteiger partial charge in [0.2, 0.25) is 5.95 Å². The number of hydrogen-bond acceptors (Lipinski definition) is 7. The number of carbonyl (C=O) groups is 1. The summed E-state index contributed by atoms with van der Waals surface area (Å²) in [6.07, 6.45) is 0.699. The highest BCUT2D eigenvalue weighted by molar-refractivity contribution is 7.91. The van der Waals surface area contributed by atoms with Gasteiger partial charge in [0.1, 0.15) is 0 Å². The number of sulfone groups is 1. The van der Waals surface area contributed by atoms with Gasteiger partial charge in [0.15, 0.2) is 9.84 Å². The number of aromatic nitrogens is 2. The van der Waals surface area contributed by atoms with E-state index in [4.69, 9.17) is 0 Å². The third-order valence-corrected chi connectivity index (χ3v) is 7.42. The number of anilines is 2. The van der Waals surface area contributed by atoms with Gasteiger partial charge in [-0.25, -0.2) is 18.4 Å².